The molecule has 1 atom stereocenters. The third-order valence-corrected chi connectivity index (χ3v) is 5.09. The number of hydrogen-bond donors (Lipinski definition) is 0. The Balaban J connectivity index is 2.29. The molecule has 0 bridgehead atoms. The van der Waals surface area contributed by atoms with Crippen LogP contribution < -0.4 is 0 Å². The van der Waals surface area contributed by atoms with Crippen molar-refractivity contribution in [2.45, 2.75) is 117 Å². The summed E-state index contributed by atoms with van der Waals surface area (Å²) in [5.74, 6) is 0. The Hall–Kier alpha value is -0.660. The van der Waals surface area contributed by atoms with Gasteiger partial charge in [0.15, 0.2) is 0 Å². The Morgan fingerprint density at radius 1 is 0.739 bits per heavy atom. The SMILES string of the molecule is CCCCCCCCN1C=CN(C(C)C)C1CCCCCCC. The van der Waals surface area contributed by atoms with Crippen LogP contribution in [0.1, 0.15) is 105 Å². The van der Waals surface area contributed by atoms with E-state index in [0.29, 0.717) is 12.2 Å². The highest BCUT2D eigenvalue weighted by Crippen LogP contribution is 2.24. The van der Waals surface area contributed by atoms with Crippen LogP contribution in [0.25, 0.3) is 0 Å². The molecule has 0 aromatic carbocycles. The highest BCUT2D eigenvalue weighted by Gasteiger charge is 2.26. The minimum absolute atomic E-state index is 0.612. The molecule has 0 aromatic heterocycles. The number of nitrogens with zero attached hydrogens (tertiary/aromatic N) is 2. The van der Waals surface area contributed by atoms with Crippen molar-refractivity contribution in [3.63, 3.8) is 0 Å². The first-order chi connectivity index (χ1) is 11.2. The highest BCUT2D eigenvalue weighted by atomic mass is 15.4. The van der Waals surface area contributed by atoms with E-state index < -0.39 is 0 Å². The minimum atomic E-state index is 0.612. The van der Waals surface area contributed by atoms with E-state index in [1.54, 1.807) is 0 Å². The fourth-order valence-corrected chi connectivity index (χ4v) is 3.59. The molecule has 0 aliphatic carbocycles. The summed E-state index contributed by atoms with van der Waals surface area (Å²) in [5.41, 5.74) is 0. The maximum atomic E-state index is 2.61. The Kier molecular flexibility index (Phi) is 11.3. The molecular weight excluding hydrogens is 280 g/mol. The topological polar surface area (TPSA) is 6.48 Å². The second-order valence-electron chi connectivity index (χ2n) is 7.53. The molecule has 0 saturated carbocycles. The van der Waals surface area contributed by atoms with Crippen molar-refractivity contribution in [3.8, 4) is 0 Å². The molecule has 1 heterocycles. The van der Waals surface area contributed by atoms with Crippen molar-refractivity contribution in [3.05, 3.63) is 12.4 Å². The third kappa shape index (κ3) is 8.13. The van der Waals surface area contributed by atoms with Gasteiger partial charge in [-0.1, -0.05) is 71.6 Å². The lowest BCUT2D eigenvalue weighted by atomic mass is 10.1. The molecule has 1 aliphatic rings. The molecule has 0 aromatic rings. The molecule has 2 nitrogen and oxygen atoms in total. The standard InChI is InChI=1S/C21H42N2/c1-5-7-9-11-13-15-17-22-18-19-23(20(3)4)21(22)16-14-12-10-8-6-2/h18-21H,5-17H2,1-4H3. The summed E-state index contributed by atoms with van der Waals surface area (Å²) >= 11 is 0. The van der Waals surface area contributed by atoms with E-state index in [4.69, 9.17) is 0 Å². The van der Waals surface area contributed by atoms with Crippen molar-refractivity contribution >= 4 is 0 Å². The second kappa shape index (κ2) is 12.7. The molecule has 0 N–H and O–H groups in total. The van der Waals surface area contributed by atoms with E-state index in [0.717, 1.165) is 0 Å². The fourth-order valence-electron chi connectivity index (χ4n) is 3.59. The van der Waals surface area contributed by atoms with Gasteiger partial charge in [-0.05, 0) is 33.1 Å². The van der Waals surface area contributed by atoms with Gasteiger partial charge in [-0.2, -0.15) is 0 Å². The summed E-state index contributed by atoms with van der Waals surface area (Å²) in [7, 11) is 0. The van der Waals surface area contributed by atoms with Gasteiger partial charge in [0, 0.05) is 25.0 Å². The smallest absolute Gasteiger partial charge is 0.101 e. The molecule has 0 spiro atoms. The zero-order valence-corrected chi connectivity index (χ0v) is 16.4. The summed E-state index contributed by atoms with van der Waals surface area (Å²) < 4.78 is 0. The second-order valence-corrected chi connectivity index (χ2v) is 7.53. The quantitative estimate of drug-likeness (QED) is 0.335. The first-order valence-electron chi connectivity index (χ1n) is 10.4. The lowest BCUT2D eigenvalue weighted by Crippen LogP contribution is -2.42. The number of unbranched alkanes of at least 4 members (excludes halogenated alkanes) is 9. The Morgan fingerprint density at radius 3 is 1.91 bits per heavy atom. The van der Waals surface area contributed by atoms with Gasteiger partial charge < -0.3 is 9.80 Å². The summed E-state index contributed by atoms with van der Waals surface area (Å²) in [6.07, 6.45) is 21.9. The van der Waals surface area contributed by atoms with Crippen LogP contribution in [-0.2, 0) is 0 Å². The summed E-state index contributed by atoms with van der Waals surface area (Å²) in [6, 6.07) is 0.612. The molecular formula is C21H42N2. The van der Waals surface area contributed by atoms with Crippen molar-refractivity contribution < 1.29 is 0 Å². The normalized spacial score (nSPS) is 17.7. The molecule has 0 radical (unpaired) electrons. The van der Waals surface area contributed by atoms with Crippen molar-refractivity contribution in [2.24, 2.45) is 0 Å². The predicted molar refractivity (Wildman–Crippen MR) is 103 cm³/mol. The maximum Gasteiger partial charge on any atom is 0.101 e. The summed E-state index contributed by atoms with van der Waals surface area (Å²) in [5, 5.41) is 0. The predicted octanol–water partition coefficient (Wildman–Crippen LogP) is 6.53. The summed E-state index contributed by atoms with van der Waals surface area (Å²) in [4.78, 5) is 5.18. The Bertz CT molecular complexity index is 298. The third-order valence-electron chi connectivity index (χ3n) is 5.09. The van der Waals surface area contributed by atoms with E-state index in [9.17, 15) is 0 Å². The van der Waals surface area contributed by atoms with Crippen molar-refractivity contribution in [2.75, 3.05) is 6.54 Å². The molecule has 0 amide bonds. The average molecular weight is 323 g/mol. The zero-order chi connectivity index (χ0) is 16.9. The molecule has 136 valence electrons. The van der Waals surface area contributed by atoms with Gasteiger partial charge in [-0.25, -0.2) is 0 Å². The van der Waals surface area contributed by atoms with E-state index in [2.05, 4.69) is 49.9 Å². The van der Waals surface area contributed by atoms with Gasteiger partial charge in [0.1, 0.15) is 6.17 Å². The summed E-state index contributed by atoms with van der Waals surface area (Å²) in [6.45, 7) is 10.5. The largest absolute Gasteiger partial charge is 0.356 e. The van der Waals surface area contributed by atoms with Crippen LogP contribution in [0, 0.1) is 0 Å². The van der Waals surface area contributed by atoms with E-state index in [1.807, 2.05) is 0 Å². The molecule has 1 rings (SSSR count). The molecule has 0 fully saturated rings. The van der Waals surface area contributed by atoms with Gasteiger partial charge in [-0.3, -0.25) is 0 Å². The van der Waals surface area contributed by atoms with Crippen LogP contribution in [0.4, 0.5) is 0 Å². The van der Waals surface area contributed by atoms with Gasteiger partial charge >= 0.3 is 0 Å². The monoisotopic (exact) mass is 322 g/mol. The fraction of sp³-hybridized carbons (Fsp3) is 0.905. The van der Waals surface area contributed by atoms with Crippen LogP contribution in [0.2, 0.25) is 0 Å². The van der Waals surface area contributed by atoms with Gasteiger partial charge in [0.25, 0.3) is 0 Å². The first kappa shape index (κ1) is 20.4. The molecule has 1 unspecified atom stereocenters. The minimum Gasteiger partial charge on any atom is -0.356 e. The first-order valence-corrected chi connectivity index (χ1v) is 10.4. The van der Waals surface area contributed by atoms with Gasteiger partial charge in [0.05, 0.1) is 0 Å². The van der Waals surface area contributed by atoms with Crippen LogP contribution in [0.15, 0.2) is 12.4 Å². The maximum absolute atomic E-state index is 2.61. The van der Waals surface area contributed by atoms with E-state index in [-0.39, 0.29) is 0 Å². The Labute approximate surface area is 146 Å². The van der Waals surface area contributed by atoms with Crippen molar-refractivity contribution in [1.29, 1.82) is 0 Å². The van der Waals surface area contributed by atoms with E-state index >= 15 is 0 Å². The Morgan fingerprint density at radius 2 is 1.30 bits per heavy atom. The number of rotatable bonds is 14. The van der Waals surface area contributed by atoms with Crippen LogP contribution >= 0.6 is 0 Å². The molecule has 0 saturated heterocycles. The highest BCUT2D eigenvalue weighted by molar-refractivity contribution is 4.98. The lowest BCUT2D eigenvalue weighted by molar-refractivity contribution is 0.114. The van der Waals surface area contributed by atoms with Crippen LogP contribution in [0.3, 0.4) is 0 Å². The van der Waals surface area contributed by atoms with Gasteiger partial charge in [-0.15, -0.1) is 0 Å². The van der Waals surface area contributed by atoms with Crippen LogP contribution in [-0.4, -0.2) is 28.6 Å². The van der Waals surface area contributed by atoms with E-state index in [1.165, 1.54) is 83.6 Å². The molecule has 23 heavy (non-hydrogen) atoms. The zero-order valence-electron chi connectivity index (χ0n) is 16.4. The molecule has 1 aliphatic heterocycles. The van der Waals surface area contributed by atoms with Crippen molar-refractivity contribution in [1.82, 2.24) is 9.80 Å². The molecule has 2 heteroatoms. The van der Waals surface area contributed by atoms with Crippen LogP contribution in [0.5, 0.6) is 0 Å². The lowest BCUT2D eigenvalue weighted by Gasteiger charge is -2.35. The number of hydrogen-bond acceptors (Lipinski definition) is 2. The average Bonchev–Trinajstić information content (AvgIpc) is 2.94. The van der Waals surface area contributed by atoms with Gasteiger partial charge in [0.2, 0.25) is 0 Å².